The van der Waals surface area contributed by atoms with Gasteiger partial charge in [0.2, 0.25) is 0 Å². The van der Waals surface area contributed by atoms with E-state index in [4.69, 9.17) is 5.73 Å². The van der Waals surface area contributed by atoms with Gasteiger partial charge in [0.25, 0.3) is 0 Å². The Morgan fingerprint density at radius 1 is 1.33 bits per heavy atom. The molecule has 0 bridgehead atoms. The van der Waals surface area contributed by atoms with Crippen LogP contribution in [0, 0.1) is 5.82 Å². The van der Waals surface area contributed by atoms with Gasteiger partial charge in [-0.25, -0.2) is 4.39 Å². The Kier molecular flexibility index (Phi) is 3.19. The van der Waals surface area contributed by atoms with Gasteiger partial charge in [0.1, 0.15) is 5.82 Å². The van der Waals surface area contributed by atoms with E-state index < -0.39 is 0 Å². The zero-order chi connectivity index (χ0) is 10.8. The van der Waals surface area contributed by atoms with Gasteiger partial charge in [0.05, 0.1) is 6.04 Å². The lowest BCUT2D eigenvalue weighted by Gasteiger charge is -2.11. The minimum absolute atomic E-state index is 0.194. The highest BCUT2D eigenvalue weighted by molar-refractivity contribution is 9.10. The zero-order valence-electron chi connectivity index (χ0n) is 7.78. The largest absolute Gasteiger partial charge is 0.320 e. The van der Waals surface area contributed by atoms with Gasteiger partial charge in [-0.2, -0.15) is 0 Å². The molecule has 0 saturated carbocycles. The summed E-state index contributed by atoms with van der Waals surface area (Å²) in [7, 11) is 0. The van der Waals surface area contributed by atoms with Crippen LogP contribution in [0.25, 0.3) is 0 Å². The number of benzene rings is 1. The summed E-state index contributed by atoms with van der Waals surface area (Å²) in [6.07, 6.45) is 0. The van der Waals surface area contributed by atoms with Crippen molar-refractivity contribution in [3.63, 3.8) is 0 Å². The fourth-order valence-electron chi connectivity index (χ4n) is 1.38. The first kappa shape index (κ1) is 10.8. The molecule has 0 aliphatic carbocycles. The summed E-state index contributed by atoms with van der Waals surface area (Å²) in [6.45, 7) is 0. The average molecular weight is 286 g/mol. The molecule has 0 unspecified atom stereocenters. The highest BCUT2D eigenvalue weighted by Gasteiger charge is 2.13. The van der Waals surface area contributed by atoms with Crippen LogP contribution in [-0.2, 0) is 0 Å². The van der Waals surface area contributed by atoms with Gasteiger partial charge < -0.3 is 5.73 Å². The van der Waals surface area contributed by atoms with E-state index in [1.165, 1.54) is 12.1 Å². The van der Waals surface area contributed by atoms with Crippen LogP contribution >= 0.6 is 27.3 Å². The minimum atomic E-state index is -0.260. The van der Waals surface area contributed by atoms with Crippen molar-refractivity contribution in [3.05, 3.63) is 56.4 Å². The van der Waals surface area contributed by atoms with Crippen LogP contribution in [0.1, 0.15) is 16.5 Å². The Balaban J connectivity index is 2.38. The summed E-state index contributed by atoms with van der Waals surface area (Å²) in [4.78, 5) is 1.07. The number of hydrogen-bond donors (Lipinski definition) is 1. The van der Waals surface area contributed by atoms with Gasteiger partial charge in [-0.15, -0.1) is 11.3 Å². The average Bonchev–Trinajstić information content (AvgIpc) is 2.69. The molecule has 0 fully saturated rings. The fraction of sp³-hybridized carbons (Fsp3) is 0.0909. The molecule has 0 saturated heterocycles. The predicted octanol–water partition coefficient (Wildman–Crippen LogP) is 3.70. The fourth-order valence-corrected chi connectivity index (χ4v) is 2.72. The van der Waals surface area contributed by atoms with E-state index in [2.05, 4.69) is 15.9 Å². The summed E-state index contributed by atoms with van der Waals surface area (Å²) >= 11 is 4.92. The lowest BCUT2D eigenvalue weighted by Crippen LogP contribution is -2.10. The second kappa shape index (κ2) is 4.43. The van der Waals surface area contributed by atoms with Crippen molar-refractivity contribution < 1.29 is 4.39 Å². The highest BCUT2D eigenvalue weighted by Crippen LogP contribution is 2.29. The van der Waals surface area contributed by atoms with Gasteiger partial charge >= 0.3 is 0 Å². The molecule has 1 aromatic carbocycles. The van der Waals surface area contributed by atoms with Gasteiger partial charge in [-0.3, -0.25) is 0 Å². The molecule has 0 radical (unpaired) electrons. The predicted molar refractivity (Wildman–Crippen MR) is 64.4 cm³/mol. The Bertz CT molecular complexity index is 456. The molecular formula is C11H9BrFNS. The van der Waals surface area contributed by atoms with E-state index in [0.717, 1.165) is 10.4 Å². The second-order valence-corrected chi connectivity index (χ2v) is 4.99. The number of halogens is 2. The Labute approximate surface area is 99.9 Å². The third kappa shape index (κ3) is 2.27. The Morgan fingerprint density at radius 2 is 2.13 bits per heavy atom. The maximum atomic E-state index is 12.9. The molecule has 1 atom stereocenters. The zero-order valence-corrected chi connectivity index (χ0v) is 10.2. The molecule has 0 aliphatic rings. The first-order chi connectivity index (χ1) is 7.18. The minimum Gasteiger partial charge on any atom is -0.320 e. The monoisotopic (exact) mass is 285 g/mol. The van der Waals surface area contributed by atoms with Crippen LogP contribution in [0.15, 0.2) is 40.2 Å². The van der Waals surface area contributed by atoms with Crippen molar-refractivity contribution in [2.24, 2.45) is 5.73 Å². The standard InChI is InChI=1S/C11H9BrFNS/c12-9-6-7(13)3-4-8(9)11(14)10-2-1-5-15-10/h1-6,11H,14H2/t11-/m0/s1. The molecule has 15 heavy (non-hydrogen) atoms. The smallest absolute Gasteiger partial charge is 0.124 e. The van der Waals surface area contributed by atoms with Gasteiger partial charge in [-0.1, -0.05) is 28.1 Å². The Hall–Kier alpha value is -0.710. The first-order valence-corrected chi connectivity index (χ1v) is 6.09. The maximum Gasteiger partial charge on any atom is 0.124 e. The molecule has 1 aromatic heterocycles. The lowest BCUT2D eigenvalue weighted by molar-refractivity contribution is 0.625. The van der Waals surface area contributed by atoms with Crippen molar-refractivity contribution in [2.45, 2.75) is 6.04 Å². The molecule has 2 rings (SSSR count). The van der Waals surface area contributed by atoms with Crippen molar-refractivity contribution in [1.29, 1.82) is 0 Å². The molecule has 1 heterocycles. The lowest BCUT2D eigenvalue weighted by atomic mass is 10.1. The summed E-state index contributed by atoms with van der Waals surface area (Å²) in [5.74, 6) is -0.260. The van der Waals surface area contributed by atoms with Gasteiger partial charge in [-0.05, 0) is 29.1 Å². The molecule has 0 amide bonds. The normalized spacial score (nSPS) is 12.7. The van der Waals surface area contributed by atoms with Crippen LogP contribution < -0.4 is 5.73 Å². The van der Waals surface area contributed by atoms with E-state index >= 15 is 0 Å². The third-order valence-corrected chi connectivity index (χ3v) is 3.79. The molecule has 0 aliphatic heterocycles. The van der Waals surface area contributed by atoms with Crippen molar-refractivity contribution in [3.8, 4) is 0 Å². The van der Waals surface area contributed by atoms with Crippen molar-refractivity contribution >= 4 is 27.3 Å². The number of rotatable bonds is 2. The number of thiophene rings is 1. The van der Waals surface area contributed by atoms with Crippen LogP contribution in [0.2, 0.25) is 0 Å². The first-order valence-electron chi connectivity index (χ1n) is 4.42. The number of hydrogen-bond acceptors (Lipinski definition) is 2. The number of nitrogens with two attached hydrogens (primary N) is 1. The van der Waals surface area contributed by atoms with Crippen LogP contribution in [0.5, 0.6) is 0 Å². The molecule has 2 N–H and O–H groups in total. The molecule has 1 nitrogen and oxygen atoms in total. The van der Waals surface area contributed by atoms with Crippen LogP contribution in [-0.4, -0.2) is 0 Å². The SMILES string of the molecule is N[C@H](c1cccs1)c1ccc(F)cc1Br. The summed E-state index contributed by atoms with van der Waals surface area (Å²) in [5.41, 5.74) is 6.97. The summed E-state index contributed by atoms with van der Waals surface area (Å²) in [5, 5.41) is 1.98. The molecular weight excluding hydrogens is 277 g/mol. The van der Waals surface area contributed by atoms with E-state index in [1.807, 2.05) is 17.5 Å². The quantitative estimate of drug-likeness (QED) is 0.895. The van der Waals surface area contributed by atoms with E-state index in [-0.39, 0.29) is 11.9 Å². The third-order valence-electron chi connectivity index (χ3n) is 2.15. The van der Waals surface area contributed by atoms with Gasteiger partial charge in [0, 0.05) is 9.35 Å². The molecule has 2 aromatic rings. The van der Waals surface area contributed by atoms with Crippen molar-refractivity contribution in [2.75, 3.05) is 0 Å². The van der Waals surface area contributed by atoms with Gasteiger partial charge in [0.15, 0.2) is 0 Å². The van der Waals surface area contributed by atoms with E-state index in [1.54, 1.807) is 17.4 Å². The van der Waals surface area contributed by atoms with Crippen molar-refractivity contribution in [1.82, 2.24) is 0 Å². The van der Waals surface area contributed by atoms with Crippen LogP contribution in [0.4, 0.5) is 4.39 Å². The highest BCUT2D eigenvalue weighted by atomic mass is 79.9. The maximum absolute atomic E-state index is 12.9. The van der Waals surface area contributed by atoms with E-state index in [0.29, 0.717) is 4.47 Å². The molecule has 78 valence electrons. The summed E-state index contributed by atoms with van der Waals surface area (Å²) in [6, 6.07) is 8.31. The Morgan fingerprint density at radius 3 is 2.73 bits per heavy atom. The van der Waals surface area contributed by atoms with Crippen LogP contribution in [0.3, 0.4) is 0 Å². The van der Waals surface area contributed by atoms with E-state index in [9.17, 15) is 4.39 Å². The topological polar surface area (TPSA) is 26.0 Å². The second-order valence-electron chi connectivity index (χ2n) is 3.16. The molecule has 4 heteroatoms. The molecule has 0 spiro atoms. The summed E-state index contributed by atoms with van der Waals surface area (Å²) < 4.78 is 13.6.